The SMILES string of the molecule is Cc1ccccc1-c1cc(N(C)C(=O)C2CC2)ncc1NCC(=O)C(C)(C)c1cc(C(F)(F)F)cc(C(F)(F)F)c1. The molecule has 0 bridgehead atoms. The van der Waals surface area contributed by atoms with E-state index < -0.39 is 46.8 Å². The number of carbonyl (C=O) groups excluding carboxylic acids is 2. The highest BCUT2D eigenvalue weighted by atomic mass is 19.4. The molecule has 1 saturated carbocycles. The second-order valence-electron chi connectivity index (χ2n) is 10.8. The largest absolute Gasteiger partial charge is 0.416 e. The van der Waals surface area contributed by atoms with E-state index in [9.17, 15) is 35.9 Å². The second-order valence-corrected chi connectivity index (χ2v) is 10.8. The lowest BCUT2D eigenvalue weighted by atomic mass is 9.79. The summed E-state index contributed by atoms with van der Waals surface area (Å²) >= 11 is 0. The summed E-state index contributed by atoms with van der Waals surface area (Å²) in [5, 5.41) is 2.97. The van der Waals surface area contributed by atoms with E-state index in [0.29, 0.717) is 29.2 Å². The lowest BCUT2D eigenvalue weighted by Gasteiger charge is -2.27. The molecule has 3 aromatic rings. The summed E-state index contributed by atoms with van der Waals surface area (Å²) in [7, 11) is 1.63. The van der Waals surface area contributed by atoms with Gasteiger partial charge in [-0.05, 0) is 74.6 Å². The Labute approximate surface area is 233 Å². The first-order valence-corrected chi connectivity index (χ1v) is 12.9. The van der Waals surface area contributed by atoms with Gasteiger partial charge in [-0.2, -0.15) is 26.3 Å². The lowest BCUT2D eigenvalue weighted by molar-refractivity contribution is -0.143. The number of benzene rings is 2. The Bertz CT molecular complexity index is 1440. The molecule has 218 valence electrons. The molecular formula is C30H29F6N3O2. The molecule has 1 aliphatic rings. The van der Waals surface area contributed by atoms with E-state index in [0.717, 1.165) is 24.0 Å². The number of aryl methyl sites for hydroxylation is 1. The zero-order chi connectivity index (χ0) is 30.3. The van der Waals surface area contributed by atoms with Crippen LogP contribution in [0.15, 0.2) is 54.7 Å². The molecule has 0 aliphatic heterocycles. The summed E-state index contributed by atoms with van der Waals surface area (Å²) in [5.74, 6) is -0.313. The highest BCUT2D eigenvalue weighted by molar-refractivity contribution is 5.97. The van der Waals surface area contributed by atoms with Crippen LogP contribution < -0.4 is 10.2 Å². The van der Waals surface area contributed by atoms with Gasteiger partial charge in [0.1, 0.15) is 5.82 Å². The lowest BCUT2D eigenvalue weighted by Crippen LogP contribution is -2.35. The standard InChI is InChI=1S/C30H29F6N3O2/c1-17-7-5-6-8-22(17)23-14-26(39(4)27(41)18-9-10-18)38-15-24(23)37-16-25(40)28(2,3)19-11-20(29(31,32)33)13-21(12-19)30(34,35)36/h5-8,11-15,18,37H,9-10,16H2,1-4H3. The van der Waals surface area contributed by atoms with Crippen LogP contribution in [0.1, 0.15) is 48.9 Å². The molecule has 2 aromatic carbocycles. The molecule has 1 aromatic heterocycles. The molecule has 1 N–H and O–H groups in total. The summed E-state index contributed by atoms with van der Waals surface area (Å²) < 4.78 is 80.5. The number of hydrogen-bond donors (Lipinski definition) is 1. The molecule has 0 spiro atoms. The van der Waals surface area contributed by atoms with Crippen molar-refractivity contribution in [3.8, 4) is 11.1 Å². The number of Topliss-reactive ketones (excluding diaryl/α,β-unsaturated/α-hetero) is 1. The normalized spacial score (nSPS) is 14.1. The van der Waals surface area contributed by atoms with E-state index in [-0.39, 0.29) is 17.9 Å². The Balaban J connectivity index is 1.66. The number of hydrogen-bond acceptors (Lipinski definition) is 4. The highest BCUT2D eigenvalue weighted by Crippen LogP contribution is 2.40. The van der Waals surface area contributed by atoms with Crippen LogP contribution in [-0.4, -0.2) is 30.3 Å². The van der Waals surface area contributed by atoms with E-state index in [1.807, 2.05) is 31.2 Å². The Morgan fingerprint density at radius 3 is 2.00 bits per heavy atom. The zero-order valence-corrected chi connectivity index (χ0v) is 22.9. The third-order valence-corrected chi connectivity index (χ3v) is 7.37. The van der Waals surface area contributed by atoms with Crippen molar-refractivity contribution >= 4 is 23.2 Å². The topological polar surface area (TPSA) is 62.3 Å². The van der Waals surface area contributed by atoms with Gasteiger partial charge in [-0.3, -0.25) is 14.5 Å². The van der Waals surface area contributed by atoms with Crippen LogP contribution in [0.3, 0.4) is 0 Å². The minimum Gasteiger partial charge on any atom is -0.376 e. The quantitative estimate of drug-likeness (QED) is 0.283. The maximum Gasteiger partial charge on any atom is 0.416 e. The molecule has 1 aliphatic carbocycles. The van der Waals surface area contributed by atoms with Crippen LogP contribution in [0.2, 0.25) is 0 Å². The fourth-order valence-electron chi connectivity index (χ4n) is 4.46. The average Bonchev–Trinajstić information content (AvgIpc) is 3.75. The Hall–Kier alpha value is -3.89. The van der Waals surface area contributed by atoms with Gasteiger partial charge >= 0.3 is 12.4 Å². The minimum absolute atomic E-state index is 0.0323. The van der Waals surface area contributed by atoms with Crippen LogP contribution >= 0.6 is 0 Å². The van der Waals surface area contributed by atoms with Crippen LogP contribution in [0, 0.1) is 12.8 Å². The molecular weight excluding hydrogens is 548 g/mol. The van der Waals surface area contributed by atoms with Gasteiger partial charge in [0.15, 0.2) is 5.78 Å². The van der Waals surface area contributed by atoms with Crippen LogP contribution in [-0.2, 0) is 27.4 Å². The van der Waals surface area contributed by atoms with E-state index in [4.69, 9.17) is 0 Å². The third-order valence-electron chi connectivity index (χ3n) is 7.37. The second kappa shape index (κ2) is 10.8. The summed E-state index contributed by atoms with van der Waals surface area (Å²) in [6.45, 7) is 4.06. The van der Waals surface area contributed by atoms with Crippen molar-refractivity contribution in [2.75, 3.05) is 23.8 Å². The molecule has 41 heavy (non-hydrogen) atoms. The number of rotatable bonds is 8. The number of anilines is 2. The number of alkyl halides is 6. The number of amides is 1. The maximum atomic E-state index is 13.4. The number of carbonyl (C=O) groups is 2. The number of nitrogens with zero attached hydrogens (tertiary/aromatic N) is 2. The maximum absolute atomic E-state index is 13.4. The number of ketones is 1. The molecule has 5 nitrogen and oxygen atoms in total. The first-order chi connectivity index (χ1) is 19.0. The molecule has 0 saturated heterocycles. The first-order valence-electron chi connectivity index (χ1n) is 12.9. The molecule has 1 amide bonds. The van der Waals surface area contributed by atoms with E-state index >= 15 is 0 Å². The Morgan fingerprint density at radius 2 is 1.46 bits per heavy atom. The average molecular weight is 578 g/mol. The van der Waals surface area contributed by atoms with Crippen molar-refractivity contribution in [1.82, 2.24) is 4.98 Å². The van der Waals surface area contributed by atoms with Crippen molar-refractivity contribution < 1.29 is 35.9 Å². The smallest absolute Gasteiger partial charge is 0.376 e. The van der Waals surface area contributed by atoms with Crippen LogP contribution in [0.4, 0.5) is 37.8 Å². The zero-order valence-electron chi connectivity index (χ0n) is 22.9. The number of pyridine rings is 1. The van der Waals surface area contributed by atoms with Crippen LogP contribution in [0.5, 0.6) is 0 Å². The van der Waals surface area contributed by atoms with Crippen molar-refractivity contribution in [2.24, 2.45) is 5.92 Å². The van der Waals surface area contributed by atoms with Gasteiger partial charge in [0, 0.05) is 18.5 Å². The number of aromatic nitrogens is 1. The molecule has 4 rings (SSSR count). The molecule has 0 atom stereocenters. The van der Waals surface area contributed by atoms with Gasteiger partial charge in [-0.25, -0.2) is 4.98 Å². The summed E-state index contributed by atoms with van der Waals surface area (Å²) in [6, 6.07) is 10.3. The van der Waals surface area contributed by atoms with Gasteiger partial charge in [0.2, 0.25) is 5.91 Å². The summed E-state index contributed by atoms with van der Waals surface area (Å²) in [5.41, 5.74) is -2.32. The van der Waals surface area contributed by atoms with E-state index in [2.05, 4.69) is 10.3 Å². The van der Waals surface area contributed by atoms with Crippen molar-refractivity contribution in [3.63, 3.8) is 0 Å². The van der Waals surface area contributed by atoms with Gasteiger partial charge in [-0.1, -0.05) is 24.3 Å². The van der Waals surface area contributed by atoms with Gasteiger partial charge in [-0.15, -0.1) is 0 Å². The van der Waals surface area contributed by atoms with E-state index in [1.54, 1.807) is 13.1 Å². The first kappa shape index (κ1) is 30.1. The predicted molar refractivity (Wildman–Crippen MR) is 144 cm³/mol. The number of nitrogens with one attached hydrogen (secondary N) is 1. The monoisotopic (exact) mass is 577 g/mol. The molecule has 0 unspecified atom stereocenters. The molecule has 1 fully saturated rings. The van der Waals surface area contributed by atoms with Crippen molar-refractivity contribution in [2.45, 2.75) is 51.4 Å². The fraction of sp³-hybridized carbons (Fsp3) is 0.367. The number of halogens is 6. The molecule has 11 heteroatoms. The van der Waals surface area contributed by atoms with Gasteiger partial charge < -0.3 is 5.32 Å². The van der Waals surface area contributed by atoms with E-state index in [1.165, 1.54) is 24.9 Å². The van der Waals surface area contributed by atoms with Crippen molar-refractivity contribution in [1.29, 1.82) is 0 Å². The highest BCUT2D eigenvalue weighted by Gasteiger charge is 2.40. The Morgan fingerprint density at radius 1 is 0.902 bits per heavy atom. The van der Waals surface area contributed by atoms with Gasteiger partial charge in [0.05, 0.1) is 35.0 Å². The Kier molecular flexibility index (Phi) is 7.95. The molecule has 0 radical (unpaired) electrons. The van der Waals surface area contributed by atoms with Gasteiger partial charge in [0.25, 0.3) is 0 Å². The summed E-state index contributed by atoms with van der Waals surface area (Å²) in [6.07, 6.45) is -6.96. The summed E-state index contributed by atoms with van der Waals surface area (Å²) in [4.78, 5) is 31.8. The fourth-order valence-corrected chi connectivity index (χ4v) is 4.46. The predicted octanol–water partition coefficient (Wildman–Crippen LogP) is 7.43. The van der Waals surface area contributed by atoms with Crippen LogP contribution in [0.25, 0.3) is 11.1 Å². The third kappa shape index (κ3) is 6.55. The molecule has 1 heterocycles. The van der Waals surface area contributed by atoms with Crippen molar-refractivity contribution in [3.05, 3.63) is 77.0 Å². The minimum atomic E-state index is -5.03.